The molecule has 0 radical (unpaired) electrons. The first kappa shape index (κ1) is 14.7. The summed E-state index contributed by atoms with van der Waals surface area (Å²) >= 11 is 0. The quantitative estimate of drug-likeness (QED) is 0.419. The van der Waals surface area contributed by atoms with Gasteiger partial charge in [0.1, 0.15) is 0 Å². The Hall–Kier alpha value is -0.300. The third kappa shape index (κ3) is 11.6. The summed E-state index contributed by atoms with van der Waals surface area (Å²) in [5.74, 6) is 0. The Bertz CT molecular complexity index is 140. The van der Waals surface area contributed by atoms with Crippen molar-refractivity contribution >= 4 is 0 Å². The van der Waals surface area contributed by atoms with E-state index in [1.54, 1.807) is 0 Å². The summed E-state index contributed by atoms with van der Waals surface area (Å²) in [5, 5.41) is 9.57. The molecule has 90 valence electrons. The van der Waals surface area contributed by atoms with Gasteiger partial charge in [-0.15, -0.1) is 0 Å². The molecule has 0 heterocycles. The van der Waals surface area contributed by atoms with Gasteiger partial charge >= 0.3 is 0 Å². The van der Waals surface area contributed by atoms with Crippen LogP contribution in [-0.4, -0.2) is 11.2 Å². The van der Waals surface area contributed by atoms with Crippen LogP contribution in [0.4, 0.5) is 0 Å². The van der Waals surface area contributed by atoms with Gasteiger partial charge in [-0.25, -0.2) is 0 Å². The highest BCUT2D eigenvalue weighted by atomic mass is 16.3. The standard InChI is InChI=1S/C14H28O/c1-3-5-7-8-9-10-11-13-14(15)12-6-4-2/h4,6,14-15H,3,5,7-13H2,1-2H3/b6-4-. The summed E-state index contributed by atoms with van der Waals surface area (Å²) in [7, 11) is 0. The maximum absolute atomic E-state index is 9.57. The molecule has 0 aromatic carbocycles. The average molecular weight is 212 g/mol. The van der Waals surface area contributed by atoms with Crippen molar-refractivity contribution in [3.05, 3.63) is 12.2 Å². The molecule has 0 amide bonds. The Morgan fingerprint density at radius 2 is 1.60 bits per heavy atom. The van der Waals surface area contributed by atoms with Crippen LogP contribution in [-0.2, 0) is 0 Å². The zero-order chi connectivity index (χ0) is 11.4. The summed E-state index contributed by atoms with van der Waals surface area (Å²) in [4.78, 5) is 0. The minimum atomic E-state index is -0.114. The minimum Gasteiger partial charge on any atom is -0.393 e. The molecule has 15 heavy (non-hydrogen) atoms. The molecule has 0 saturated carbocycles. The summed E-state index contributed by atoms with van der Waals surface area (Å²) in [6.45, 7) is 4.25. The molecule has 0 saturated heterocycles. The summed E-state index contributed by atoms with van der Waals surface area (Å²) in [5.41, 5.74) is 0. The van der Waals surface area contributed by atoms with E-state index in [2.05, 4.69) is 6.92 Å². The average Bonchev–Trinajstić information content (AvgIpc) is 2.25. The van der Waals surface area contributed by atoms with Crippen LogP contribution in [0.3, 0.4) is 0 Å². The second-order valence-electron chi connectivity index (χ2n) is 4.37. The second kappa shape index (κ2) is 11.8. The van der Waals surface area contributed by atoms with Crippen LogP contribution in [0.1, 0.15) is 71.6 Å². The number of aliphatic hydroxyl groups excluding tert-OH is 1. The Labute approximate surface area is 95.6 Å². The van der Waals surface area contributed by atoms with Gasteiger partial charge in [-0.2, -0.15) is 0 Å². The molecule has 0 rings (SSSR count). The van der Waals surface area contributed by atoms with Crippen molar-refractivity contribution in [1.82, 2.24) is 0 Å². The van der Waals surface area contributed by atoms with Crippen molar-refractivity contribution in [2.24, 2.45) is 0 Å². The van der Waals surface area contributed by atoms with Crippen molar-refractivity contribution in [2.45, 2.75) is 77.7 Å². The molecule has 1 N–H and O–H groups in total. The lowest BCUT2D eigenvalue weighted by atomic mass is 10.0. The van der Waals surface area contributed by atoms with Crippen LogP contribution in [0.15, 0.2) is 12.2 Å². The molecule has 1 atom stereocenters. The molecule has 0 aromatic rings. The topological polar surface area (TPSA) is 20.2 Å². The lowest BCUT2D eigenvalue weighted by Crippen LogP contribution is -2.04. The fraction of sp³-hybridized carbons (Fsp3) is 0.857. The van der Waals surface area contributed by atoms with E-state index >= 15 is 0 Å². The monoisotopic (exact) mass is 212 g/mol. The van der Waals surface area contributed by atoms with Crippen LogP contribution in [0.2, 0.25) is 0 Å². The van der Waals surface area contributed by atoms with Gasteiger partial charge in [0, 0.05) is 0 Å². The molecular weight excluding hydrogens is 184 g/mol. The zero-order valence-corrected chi connectivity index (χ0v) is 10.5. The highest BCUT2D eigenvalue weighted by Gasteiger charge is 2.00. The maximum atomic E-state index is 9.57. The lowest BCUT2D eigenvalue weighted by molar-refractivity contribution is 0.163. The van der Waals surface area contributed by atoms with Crippen LogP contribution in [0.25, 0.3) is 0 Å². The van der Waals surface area contributed by atoms with E-state index in [9.17, 15) is 5.11 Å². The highest BCUT2D eigenvalue weighted by molar-refractivity contribution is 4.79. The van der Waals surface area contributed by atoms with Crippen molar-refractivity contribution in [3.8, 4) is 0 Å². The number of aliphatic hydroxyl groups is 1. The van der Waals surface area contributed by atoms with Crippen LogP contribution in [0.5, 0.6) is 0 Å². The van der Waals surface area contributed by atoms with Gasteiger partial charge in [-0.1, -0.05) is 64.0 Å². The second-order valence-corrected chi connectivity index (χ2v) is 4.37. The Morgan fingerprint density at radius 1 is 1.00 bits per heavy atom. The van der Waals surface area contributed by atoms with Gasteiger partial charge in [0.2, 0.25) is 0 Å². The molecule has 0 aliphatic heterocycles. The number of hydrogen-bond donors (Lipinski definition) is 1. The SMILES string of the molecule is C/C=C\CC(O)CCCCCCCCC. The molecule has 1 heteroatoms. The van der Waals surface area contributed by atoms with E-state index in [1.807, 2.05) is 19.1 Å². The van der Waals surface area contributed by atoms with E-state index in [1.165, 1.54) is 44.9 Å². The number of rotatable bonds is 10. The molecule has 0 bridgehead atoms. The van der Waals surface area contributed by atoms with E-state index < -0.39 is 0 Å². The van der Waals surface area contributed by atoms with Crippen LogP contribution < -0.4 is 0 Å². The van der Waals surface area contributed by atoms with Gasteiger partial charge < -0.3 is 5.11 Å². The molecule has 0 aliphatic carbocycles. The van der Waals surface area contributed by atoms with Crippen molar-refractivity contribution in [2.75, 3.05) is 0 Å². The van der Waals surface area contributed by atoms with E-state index in [0.29, 0.717) is 0 Å². The number of unbranched alkanes of at least 4 members (excludes halogenated alkanes) is 6. The van der Waals surface area contributed by atoms with Crippen molar-refractivity contribution in [3.63, 3.8) is 0 Å². The van der Waals surface area contributed by atoms with Gasteiger partial charge in [0.25, 0.3) is 0 Å². The first-order valence-corrected chi connectivity index (χ1v) is 6.60. The van der Waals surface area contributed by atoms with Gasteiger partial charge in [-0.3, -0.25) is 0 Å². The van der Waals surface area contributed by atoms with Gasteiger partial charge in [-0.05, 0) is 19.8 Å². The summed E-state index contributed by atoms with van der Waals surface area (Å²) in [6.07, 6.45) is 15.0. The summed E-state index contributed by atoms with van der Waals surface area (Å²) in [6, 6.07) is 0. The molecule has 0 aromatic heterocycles. The van der Waals surface area contributed by atoms with Crippen LogP contribution >= 0.6 is 0 Å². The Kier molecular flexibility index (Phi) is 11.5. The Morgan fingerprint density at radius 3 is 2.20 bits per heavy atom. The zero-order valence-electron chi connectivity index (χ0n) is 10.5. The fourth-order valence-corrected chi connectivity index (χ4v) is 1.75. The Balaban J connectivity index is 3.09. The molecule has 0 spiro atoms. The molecular formula is C14H28O. The molecule has 0 aliphatic rings. The van der Waals surface area contributed by atoms with Crippen molar-refractivity contribution < 1.29 is 5.11 Å². The van der Waals surface area contributed by atoms with E-state index in [0.717, 1.165) is 12.8 Å². The third-order valence-electron chi connectivity index (χ3n) is 2.78. The largest absolute Gasteiger partial charge is 0.393 e. The normalized spacial score (nSPS) is 13.5. The number of hydrogen-bond acceptors (Lipinski definition) is 1. The first-order chi connectivity index (χ1) is 7.31. The smallest absolute Gasteiger partial charge is 0.0574 e. The highest BCUT2D eigenvalue weighted by Crippen LogP contribution is 2.11. The molecule has 1 unspecified atom stereocenters. The minimum absolute atomic E-state index is 0.114. The predicted molar refractivity (Wildman–Crippen MR) is 68.0 cm³/mol. The van der Waals surface area contributed by atoms with E-state index in [-0.39, 0.29) is 6.10 Å². The van der Waals surface area contributed by atoms with Crippen LogP contribution in [0, 0.1) is 0 Å². The van der Waals surface area contributed by atoms with Crippen molar-refractivity contribution in [1.29, 1.82) is 0 Å². The van der Waals surface area contributed by atoms with Gasteiger partial charge in [0.15, 0.2) is 0 Å². The van der Waals surface area contributed by atoms with Gasteiger partial charge in [0.05, 0.1) is 6.10 Å². The predicted octanol–water partition coefficient (Wildman–Crippen LogP) is 4.45. The molecule has 0 fully saturated rings. The number of allylic oxidation sites excluding steroid dienone is 1. The first-order valence-electron chi connectivity index (χ1n) is 6.60. The summed E-state index contributed by atoms with van der Waals surface area (Å²) < 4.78 is 0. The maximum Gasteiger partial charge on any atom is 0.0574 e. The van der Waals surface area contributed by atoms with E-state index in [4.69, 9.17) is 0 Å². The third-order valence-corrected chi connectivity index (χ3v) is 2.78. The lowest BCUT2D eigenvalue weighted by Gasteiger charge is -2.07. The molecule has 1 nitrogen and oxygen atoms in total. The fourth-order valence-electron chi connectivity index (χ4n) is 1.75.